The van der Waals surface area contributed by atoms with E-state index in [1.54, 1.807) is 19.1 Å². The molecule has 0 fully saturated rings. The van der Waals surface area contributed by atoms with Gasteiger partial charge in [0.15, 0.2) is 5.76 Å². The maximum absolute atomic E-state index is 12.9. The van der Waals surface area contributed by atoms with Gasteiger partial charge in [-0.3, -0.25) is 4.79 Å². The molecular weight excluding hydrogens is 309 g/mol. The zero-order valence-electron chi connectivity index (χ0n) is 14.1. The summed E-state index contributed by atoms with van der Waals surface area (Å²) in [5.41, 5.74) is 2.20. The van der Waals surface area contributed by atoms with Crippen LogP contribution in [0.2, 0.25) is 0 Å². The second-order valence-corrected chi connectivity index (χ2v) is 7.26. The molecule has 0 saturated heterocycles. The Kier molecular flexibility index (Phi) is 4.22. The Labute approximate surface area is 140 Å². The zero-order valence-corrected chi connectivity index (χ0v) is 14.1. The van der Waals surface area contributed by atoms with Gasteiger partial charge in [0, 0.05) is 24.1 Å². The standard InChI is InChI=1S/C19H22FNO3/c1-11-16-14(22)8-19(2,3)9-15(16)24-17(11)18(23)21-10-12-4-6-13(20)7-5-12/h4-7,14,22H,8-10H2,1-3H3,(H,21,23)/t14-/m0/s1. The average Bonchev–Trinajstić information content (AvgIpc) is 2.82. The minimum atomic E-state index is -0.605. The van der Waals surface area contributed by atoms with Crippen LogP contribution in [0.1, 0.15) is 59.4 Å². The first-order valence-corrected chi connectivity index (χ1v) is 8.10. The van der Waals surface area contributed by atoms with Gasteiger partial charge in [0.25, 0.3) is 5.91 Å². The number of aliphatic hydroxyl groups is 1. The number of hydrogen-bond donors (Lipinski definition) is 2. The van der Waals surface area contributed by atoms with E-state index in [4.69, 9.17) is 4.42 Å². The summed E-state index contributed by atoms with van der Waals surface area (Å²) in [5, 5.41) is 13.2. The van der Waals surface area contributed by atoms with Gasteiger partial charge in [0.2, 0.25) is 0 Å². The molecule has 1 heterocycles. The lowest BCUT2D eigenvalue weighted by Gasteiger charge is -2.31. The molecule has 2 aromatic rings. The van der Waals surface area contributed by atoms with E-state index < -0.39 is 6.10 Å². The van der Waals surface area contributed by atoms with E-state index in [9.17, 15) is 14.3 Å². The first-order chi connectivity index (χ1) is 11.3. The third-order valence-corrected chi connectivity index (χ3v) is 4.56. The van der Waals surface area contributed by atoms with E-state index in [2.05, 4.69) is 19.2 Å². The van der Waals surface area contributed by atoms with Crippen molar-refractivity contribution in [1.29, 1.82) is 0 Å². The second kappa shape index (κ2) is 6.06. The number of furan rings is 1. The summed E-state index contributed by atoms with van der Waals surface area (Å²) in [6, 6.07) is 5.97. The molecule has 0 radical (unpaired) electrons. The van der Waals surface area contributed by atoms with Crippen molar-refractivity contribution in [2.45, 2.75) is 46.3 Å². The quantitative estimate of drug-likeness (QED) is 0.902. The number of halogens is 1. The van der Waals surface area contributed by atoms with Crippen LogP contribution in [-0.2, 0) is 13.0 Å². The summed E-state index contributed by atoms with van der Waals surface area (Å²) < 4.78 is 18.7. The first kappa shape index (κ1) is 16.7. The summed E-state index contributed by atoms with van der Waals surface area (Å²) in [6.07, 6.45) is 0.744. The molecule has 1 amide bonds. The van der Waals surface area contributed by atoms with Crippen molar-refractivity contribution < 1.29 is 18.7 Å². The van der Waals surface area contributed by atoms with Gasteiger partial charge in [0.05, 0.1) is 6.10 Å². The predicted molar refractivity (Wildman–Crippen MR) is 88.1 cm³/mol. The molecule has 128 valence electrons. The fourth-order valence-electron chi connectivity index (χ4n) is 3.37. The van der Waals surface area contributed by atoms with E-state index in [0.29, 0.717) is 24.2 Å². The number of benzene rings is 1. The summed E-state index contributed by atoms with van der Waals surface area (Å²) in [5.74, 6) is 0.314. The van der Waals surface area contributed by atoms with Crippen molar-refractivity contribution in [1.82, 2.24) is 5.32 Å². The molecule has 1 aliphatic rings. The minimum Gasteiger partial charge on any atom is -0.455 e. The number of carbonyl (C=O) groups excluding carboxylic acids is 1. The van der Waals surface area contributed by atoms with Gasteiger partial charge in [-0.25, -0.2) is 4.39 Å². The van der Waals surface area contributed by atoms with Crippen LogP contribution in [0.3, 0.4) is 0 Å². The number of carbonyl (C=O) groups is 1. The molecule has 4 nitrogen and oxygen atoms in total. The molecule has 3 rings (SSSR count). The molecule has 1 aliphatic carbocycles. The highest BCUT2D eigenvalue weighted by Crippen LogP contribution is 2.43. The Morgan fingerprint density at radius 3 is 2.71 bits per heavy atom. The zero-order chi connectivity index (χ0) is 17.5. The number of aliphatic hydroxyl groups excluding tert-OH is 1. The number of nitrogens with one attached hydrogen (secondary N) is 1. The van der Waals surface area contributed by atoms with Gasteiger partial charge in [-0.2, -0.15) is 0 Å². The van der Waals surface area contributed by atoms with E-state index in [-0.39, 0.29) is 29.4 Å². The fourth-order valence-corrected chi connectivity index (χ4v) is 3.37. The van der Waals surface area contributed by atoms with Gasteiger partial charge >= 0.3 is 0 Å². The molecule has 24 heavy (non-hydrogen) atoms. The Morgan fingerprint density at radius 1 is 1.38 bits per heavy atom. The maximum Gasteiger partial charge on any atom is 0.287 e. The van der Waals surface area contributed by atoms with Crippen molar-refractivity contribution in [2.75, 3.05) is 0 Å². The van der Waals surface area contributed by atoms with E-state index in [1.807, 2.05) is 0 Å². The molecule has 1 aromatic carbocycles. The average molecular weight is 331 g/mol. The summed E-state index contributed by atoms with van der Waals surface area (Å²) in [4.78, 5) is 12.4. The largest absolute Gasteiger partial charge is 0.455 e. The third kappa shape index (κ3) is 3.22. The van der Waals surface area contributed by atoms with Crippen LogP contribution in [-0.4, -0.2) is 11.0 Å². The van der Waals surface area contributed by atoms with E-state index >= 15 is 0 Å². The summed E-state index contributed by atoms with van der Waals surface area (Å²) >= 11 is 0. The van der Waals surface area contributed by atoms with Gasteiger partial charge < -0.3 is 14.8 Å². The fraction of sp³-hybridized carbons (Fsp3) is 0.421. The highest BCUT2D eigenvalue weighted by molar-refractivity contribution is 5.93. The first-order valence-electron chi connectivity index (χ1n) is 8.10. The van der Waals surface area contributed by atoms with Crippen LogP contribution < -0.4 is 5.32 Å². The lowest BCUT2D eigenvalue weighted by atomic mass is 9.75. The van der Waals surface area contributed by atoms with Crippen LogP contribution >= 0.6 is 0 Å². The predicted octanol–water partition coefficient (Wildman–Crippen LogP) is 3.66. The topological polar surface area (TPSA) is 62.5 Å². The van der Waals surface area contributed by atoms with Gasteiger partial charge in [-0.15, -0.1) is 0 Å². The molecular formula is C19H22FNO3. The highest BCUT2D eigenvalue weighted by Gasteiger charge is 2.37. The molecule has 2 N–H and O–H groups in total. The lowest BCUT2D eigenvalue weighted by Crippen LogP contribution is -2.25. The minimum absolute atomic E-state index is 0.0570. The van der Waals surface area contributed by atoms with Crippen LogP contribution in [0.15, 0.2) is 28.7 Å². The van der Waals surface area contributed by atoms with Crippen molar-refractivity contribution >= 4 is 5.91 Å². The molecule has 0 spiro atoms. The molecule has 0 aliphatic heterocycles. The lowest BCUT2D eigenvalue weighted by molar-refractivity contribution is 0.0883. The summed E-state index contributed by atoms with van der Waals surface area (Å²) in [7, 11) is 0. The van der Waals surface area contributed by atoms with Crippen molar-refractivity contribution in [3.63, 3.8) is 0 Å². The van der Waals surface area contributed by atoms with Crippen LogP contribution in [0.4, 0.5) is 4.39 Å². The van der Waals surface area contributed by atoms with Crippen LogP contribution in [0, 0.1) is 18.2 Å². The number of hydrogen-bond acceptors (Lipinski definition) is 3. The normalized spacial score (nSPS) is 19.0. The number of fused-ring (bicyclic) bond motifs is 1. The Balaban J connectivity index is 1.77. The Hall–Kier alpha value is -2.14. The van der Waals surface area contributed by atoms with Crippen molar-refractivity contribution in [3.05, 3.63) is 58.3 Å². The summed E-state index contributed by atoms with van der Waals surface area (Å²) in [6.45, 7) is 6.24. The van der Waals surface area contributed by atoms with Gasteiger partial charge in [-0.1, -0.05) is 26.0 Å². The molecule has 0 unspecified atom stereocenters. The maximum atomic E-state index is 12.9. The highest BCUT2D eigenvalue weighted by atomic mass is 19.1. The monoisotopic (exact) mass is 331 g/mol. The van der Waals surface area contributed by atoms with E-state index in [0.717, 1.165) is 11.1 Å². The van der Waals surface area contributed by atoms with E-state index in [1.165, 1.54) is 12.1 Å². The molecule has 1 atom stereocenters. The van der Waals surface area contributed by atoms with Crippen LogP contribution in [0.25, 0.3) is 0 Å². The smallest absolute Gasteiger partial charge is 0.287 e. The molecule has 1 aromatic heterocycles. The van der Waals surface area contributed by atoms with Crippen molar-refractivity contribution in [3.8, 4) is 0 Å². The molecule has 5 heteroatoms. The number of amides is 1. The Bertz CT molecular complexity index is 762. The van der Waals surface area contributed by atoms with Crippen LogP contribution in [0.5, 0.6) is 0 Å². The van der Waals surface area contributed by atoms with Gasteiger partial charge in [0.1, 0.15) is 11.6 Å². The van der Waals surface area contributed by atoms with Gasteiger partial charge in [-0.05, 0) is 36.5 Å². The second-order valence-electron chi connectivity index (χ2n) is 7.26. The Morgan fingerprint density at radius 2 is 2.04 bits per heavy atom. The molecule has 0 bridgehead atoms. The van der Waals surface area contributed by atoms with Crippen molar-refractivity contribution in [2.24, 2.45) is 5.41 Å². The SMILES string of the molecule is Cc1c(C(=O)NCc2ccc(F)cc2)oc2c1[C@@H](O)CC(C)(C)C2. The number of rotatable bonds is 3. The third-order valence-electron chi connectivity index (χ3n) is 4.56. The molecule has 0 saturated carbocycles.